The van der Waals surface area contributed by atoms with Crippen molar-refractivity contribution in [1.29, 1.82) is 0 Å². The zero-order valence-electron chi connectivity index (χ0n) is 10.2. The third-order valence-corrected chi connectivity index (χ3v) is 2.55. The maximum absolute atomic E-state index is 11.6. The highest BCUT2D eigenvalue weighted by atomic mass is 16.4. The lowest BCUT2D eigenvalue weighted by atomic mass is 10.1. The van der Waals surface area contributed by atoms with E-state index in [9.17, 15) is 9.59 Å². The van der Waals surface area contributed by atoms with Crippen molar-refractivity contribution in [3.63, 3.8) is 0 Å². The van der Waals surface area contributed by atoms with Gasteiger partial charge in [-0.3, -0.25) is 14.6 Å². The summed E-state index contributed by atoms with van der Waals surface area (Å²) in [6, 6.07) is 2.92. The van der Waals surface area contributed by atoms with Gasteiger partial charge in [-0.05, 0) is 25.0 Å². The van der Waals surface area contributed by atoms with E-state index >= 15 is 0 Å². The first-order valence-electron chi connectivity index (χ1n) is 5.66. The van der Waals surface area contributed by atoms with E-state index in [2.05, 4.69) is 10.3 Å². The Morgan fingerprint density at radius 1 is 1.56 bits per heavy atom. The summed E-state index contributed by atoms with van der Waals surface area (Å²) in [5.74, 6) is -1.32. The summed E-state index contributed by atoms with van der Waals surface area (Å²) in [5, 5.41) is 11.1. The number of aromatic nitrogens is 1. The van der Waals surface area contributed by atoms with Crippen molar-refractivity contribution in [2.24, 2.45) is 5.73 Å². The molecule has 4 N–H and O–H groups in total. The highest BCUT2D eigenvalue weighted by Crippen LogP contribution is 2.02. The SMILES string of the molecule is Cc1cccnc1CNC(=O)C(N)CCC(=O)O. The minimum absolute atomic E-state index is 0.114. The molecule has 98 valence electrons. The lowest BCUT2D eigenvalue weighted by Gasteiger charge is -2.11. The third-order valence-electron chi connectivity index (χ3n) is 2.55. The van der Waals surface area contributed by atoms with Crippen LogP contribution >= 0.6 is 0 Å². The van der Waals surface area contributed by atoms with Crippen molar-refractivity contribution < 1.29 is 14.7 Å². The molecule has 0 aliphatic rings. The van der Waals surface area contributed by atoms with Crippen molar-refractivity contribution in [2.75, 3.05) is 0 Å². The molecule has 0 radical (unpaired) electrons. The van der Waals surface area contributed by atoms with Crippen molar-refractivity contribution in [1.82, 2.24) is 10.3 Å². The molecule has 0 saturated heterocycles. The summed E-state index contributed by atoms with van der Waals surface area (Å²) < 4.78 is 0. The summed E-state index contributed by atoms with van der Waals surface area (Å²) in [5.41, 5.74) is 7.33. The lowest BCUT2D eigenvalue weighted by molar-refractivity contribution is -0.137. The van der Waals surface area contributed by atoms with Gasteiger partial charge in [0.25, 0.3) is 0 Å². The van der Waals surface area contributed by atoms with Crippen LogP contribution < -0.4 is 11.1 Å². The fourth-order valence-corrected chi connectivity index (χ4v) is 1.42. The second-order valence-corrected chi connectivity index (χ2v) is 4.02. The molecule has 1 atom stereocenters. The molecule has 1 aromatic rings. The number of nitrogens with one attached hydrogen (secondary N) is 1. The van der Waals surface area contributed by atoms with Gasteiger partial charge in [-0.2, -0.15) is 0 Å². The lowest BCUT2D eigenvalue weighted by Crippen LogP contribution is -2.40. The molecular weight excluding hydrogens is 234 g/mol. The highest BCUT2D eigenvalue weighted by Gasteiger charge is 2.14. The molecule has 0 aliphatic carbocycles. The standard InChI is InChI=1S/C12H17N3O3/c1-8-3-2-6-14-10(8)7-15-12(18)9(13)4-5-11(16)17/h2-3,6,9H,4-5,7,13H2,1H3,(H,15,18)(H,16,17). The first-order chi connectivity index (χ1) is 8.50. The van der Waals surface area contributed by atoms with E-state index in [0.29, 0.717) is 6.54 Å². The maximum atomic E-state index is 11.6. The van der Waals surface area contributed by atoms with Gasteiger partial charge in [-0.15, -0.1) is 0 Å². The highest BCUT2D eigenvalue weighted by molar-refractivity contribution is 5.82. The molecule has 1 heterocycles. The number of amides is 1. The molecule has 0 fully saturated rings. The number of nitrogens with zero attached hydrogens (tertiary/aromatic N) is 1. The van der Waals surface area contributed by atoms with E-state index in [1.165, 1.54) is 0 Å². The van der Waals surface area contributed by atoms with Gasteiger partial charge in [-0.25, -0.2) is 0 Å². The largest absolute Gasteiger partial charge is 0.481 e. The van der Waals surface area contributed by atoms with Crippen molar-refractivity contribution >= 4 is 11.9 Å². The normalized spacial score (nSPS) is 11.9. The van der Waals surface area contributed by atoms with Crippen LogP contribution in [0.2, 0.25) is 0 Å². The average molecular weight is 251 g/mol. The van der Waals surface area contributed by atoms with E-state index in [1.54, 1.807) is 6.20 Å². The van der Waals surface area contributed by atoms with Gasteiger partial charge < -0.3 is 16.2 Å². The molecule has 0 spiro atoms. The predicted molar refractivity (Wildman–Crippen MR) is 65.7 cm³/mol. The van der Waals surface area contributed by atoms with Crippen LogP contribution in [0, 0.1) is 6.92 Å². The molecule has 0 bridgehead atoms. The van der Waals surface area contributed by atoms with Gasteiger partial charge >= 0.3 is 5.97 Å². The number of aliphatic carboxylic acids is 1. The molecule has 6 nitrogen and oxygen atoms in total. The van der Waals surface area contributed by atoms with Gasteiger partial charge in [0.05, 0.1) is 18.3 Å². The molecule has 1 aromatic heterocycles. The number of rotatable bonds is 6. The van der Waals surface area contributed by atoms with E-state index in [0.717, 1.165) is 11.3 Å². The Morgan fingerprint density at radius 2 is 2.28 bits per heavy atom. The van der Waals surface area contributed by atoms with Gasteiger partial charge in [0, 0.05) is 12.6 Å². The Morgan fingerprint density at radius 3 is 2.89 bits per heavy atom. The number of hydrogen-bond donors (Lipinski definition) is 3. The van der Waals surface area contributed by atoms with E-state index in [1.807, 2.05) is 19.1 Å². The Balaban J connectivity index is 2.41. The van der Waals surface area contributed by atoms with Crippen LogP contribution in [-0.2, 0) is 16.1 Å². The van der Waals surface area contributed by atoms with Gasteiger partial charge in [0.2, 0.25) is 5.91 Å². The summed E-state index contributed by atoms with van der Waals surface area (Å²) in [6.45, 7) is 2.20. The Bertz CT molecular complexity index is 434. The van der Waals surface area contributed by atoms with Crippen LogP contribution in [0.15, 0.2) is 18.3 Å². The van der Waals surface area contributed by atoms with Crippen LogP contribution in [-0.4, -0.2) is 28.0 Å². The molecule has 0 saturated carbocycles. The zero-order chi connectivity index (χ0) is 13.5. The van der Waals surface area contributed by atoms with Crippen LogP contribution in [0.3, 0.4) is 0 Å². The van der Waals surface area contributed by atoms with Crippen LogP contribution in [0.25, 0.3) is 0 Å². The Labute approximate surface area is 105 Å². The van der Waals surface area contributed by atoms with Crippen LogP contribution in [0.5, 0.6) is 0 Å². The molecule has 0 aromatic carbocycles. The van der Waals surface area contributed by atoms with Crippen LogP contribution in [0.1, 0.15) is 24.1 Å². The fourth-order valence-electron chi connectivity index (χ4n) is 1.42. The number of aryl methyl sites for hydroxylation is 1. The fraction of sp³-hybridized carbons (Fsp3) is 0.417. The van der Waals surface area contributed by atoms with Gasteiger partial charge in [-0.1, -0.05) is 6.07 Å². The maximum Gasteiger partial charge on any atom is 0.303 e. The van der Waals surface area contributed by atoms with Crippen molar-refractivity contribution in [2.45, 2.75) is 32.4 Å². The van der Waals surface area contributed by atoms with Crippen LogP contribution in [0.4, 0.5) is 0 Å². The van der Waals surface area contributed by atoms with E-state index in [-0.39, 0.29) is 18.7 Å². The molecule has 1 unspecified atom stereocenters. The third kappa shape index (κ3) is 4.50. The average Bonchev–Trinajstić information content (AvgIpc) is 2.34. The predicted octanol–water partition coefficient (Wildman–Crippen LogP) is 0.198. The Hall–Kier alpha value is -1.95. The van der Waals surface area contributed by atoms with E-state index in [4.69, 9.17) is 10.8 Å². The smallest absolute Gasteiger partial charge is 0.303 e. The summed E-state index contributed by atoms with van der Waals surface area (Å²) in [7, 11) is 0. The van der Waals surface area contributed by atoms with Crippen molar-refractivity contribution in [3.8, 4) is 0 Å². The zero-order valence-corrected chi connectivity index (χ0v) is 10.2. The summed E-state index contributed by atoms with van der Waals surface area (Å²) in [6.07, 6.45) is 1.67. The number of carboxylic acid groups (broad SMARTS) is 1. The molecule has 1 amide bonds. The summed E-state index contributed by atoms with van der Waals surface area (Å²) in [4.78, 5) is 26.1. The molecule has 6 heteroatoms. The van der Waals surface area contributed by atoms with Crippen molar-refractivity contribution in [3.05, 3.63) is 29.6 Å². The van der Waals surface area contributed by atoms with E-state index < -0.39 is 12.0 Å². The number of carboxylic acids is 1. The molecule has 1 rings (SSSR count). The minimum Gasteiger partial charge on any atom is -0.481 e. The quantitative estimate of drug-likeness (QED) is 0.669. The number of hydrogen-bond acceptors (Lipinski definition) is 4. The second-order valence-electron chi connectivity index (χ2n) is 4.02. The number of pyridine rings is 1. The first-order valence-corrected chi connectivity index (χ1v) is 5.66. The first kappa shape index (κ1) is 14.1. The number of carbonyl (C=O) groups is 2. The van der Waals surface area contributed by atoms with Gasteiger partial charge in [0.15, 0.2) is 0 Å². The van der Waals surface area contributed by atoms with Gasteiger partial charge in [0.1, 0.15) is 0 Å². The molecule has 0 aliphatic heterocycles. The molecular formula is C12H17N3O3. The monoisotopic (exact) mass is 251 g/mol. The topological polar surface area (TPSA) is 105 Å². The number of carbonyl (C=O) groups excluding carboxylic acids is 1. The number of nitrogens with two attached hydrogens (primary N) is 1. The second kappa shape index (κ2) is 6.70. The molecule has 18 heavy (non-hydrogen) atoms. The Kier molecular flexibility index (Phi) is 5.26. The summed E-state index contributed by atoms with van der Waals surface area (Å²) >= 11 is 0. The minimum atomic E-state index is -0.959.